The van der Waals surface area contributed by atoms with Gasteiger partial charge in [-0.1, -0.05) is 49.0 Å². The van der Waals surface area contributed by atoms with E-state index in [0.717, 1.165) is 5.92 Å². The van der Waals surface area contributed by atoms with Gasteiger partial charge < -0.3 is 9.88 Å². The highest BCUT2D eigenvalue weighted by molar-refractivity contribution is 7.99. The number of rotatable bonds is 6. The van der Waals surface area contributed by atoms with Gasteiger partial charge in [-0.05, 0) is 73.1 Å². The van der Waals surface area contributed by atoms with Crippen molar-refractivity contribution in [3.05, 3.63) is 59.7 Å². The van der Waals surface area contributed by atoms with Crippen LogP contribution < -0.4 is 0 Å². The molecule has 4 heteroatoms. The Labute approximate surface area is 182 Å². The summed E-state index contributed by atoms with van der Waals surface area (Å²) >= 11 is 4.03. The van der Waals surface area contributed by atoms with Crippen LogP contribution in [-0.4, -0.2) is 41.0 Å². The SMILES string of the molecule is CCCSC[C@@H]1CC2c3cccc4[nH]c(Sc5ccccc5)c(c34)C[C@H]2N(C)C1. The van der Waals surface area contributed by atoms with Gasteiger partial charge in [-0.3, -0.25) is 0 Å². The minimum absolute atomic E-state index is 0.631. The second kappa shape index (κ2) is 8.41. The molecule has 29 heavy (non-hydrogen) atoms. The third-order valence-corrected chi connectivity index (χ3v) is 9.03. The molecule has 1 aliphatic heterocycles. The topological polar surface area (TPSA) is 19.0 Å². The second-order valence-electron chi connectivity index (χ2n) is 8.61. The molecule has 2 heterocycles. The summed E-state index contributed by atoms with van der Waals surface area (Å²) in [5.41, 5.74) is 4.44. The first kappa shape index (κ1) is 19.6. The van der Waals surface area contributed by atoms with Crippen molar-refractivity contribution in [2.45, 2.75) is 48.1 Å². The van der Waals surface area contributed by atoms with Gasteiger partial charge in [0.25, 0.3) is 0 Å². The normalized spacial score (nSPS) is 24.0. The Kier molecular flexibility index (Phi) is 5.68. The summed E-state index contributed by atoms with van der Waals surface area (Å²) in [4.78, 5) is 7.74. The fourth-order valence-electron chi connectivity index (χ4n) is 5.32. The summed E-state index contributed by atoms with van der Waals surface area (Å²) in [5.74, 6) is 4.09. The van der Waals surface area contributed by atoms with Crippen molar-refractivity contribution in [1.82, 2.24) is 9.88 Å². The molecule has 0 bridgehead atoms. The number of nitrogens with zero attached hydrogens (tertiary/aromatic N) is 1. The maximum absolute atomic E-state index is 3.76. The van der Waals surface area contributed by atoms with Crippen molar-refractivity contribution in [3.8, 4) is 0 Å². The molecule has 1 fully saturated rings. The van der Waals surface area contributed by atoms with Gasteiger partial charge in [0.15, 0.2) is 0 Å². The quantitative estimate of drug-likeness (QED) is 0.462. The number of piperidine rings is 1. The summed E-state index contributed by atoms with van der Waals surface area (Å²) in [7, 11) is 2.36. The van der Waals surface area contributed by atoms with Crippen LogP contribution in [0.4, 0.5) is 0 Å². The molecule has 2 aliphatic rings. The zero-order chi connectivity index (χ0) is 19.8. The summed E-state index contributed by atoms with van der Waals surface area (Å²) in [6.07, 6.45) is 3.80. The van der Waals surface area contributed by atoms with E-state index >= 15 is 0 Å². The summed E-state index contributed by atoms with van der Waals surface area (Å²) in [6, 6.07) is 18.3. The first-order valence-corrected chi connectivity index (χ1v) is 12.9. The Hall–Kier alpha value is -1.36. The van der Waals surface area contributed by atoms with Gasteiger partial charge in [0.2, 0.25) is 0 Å². The third kappa shape index (κ3) is 3.75. The molecule has 3 aromatic rings. The van der Waals surface area contributed by atoms with E-state index in [1.807, 2.05) is 11.8 Å². The van der Waals surface area contributed by atoms with Crippen molar-refractivity contribution in [2.75, 3.05) is 25.1 Å². The number of H-pyrrole nitrogens is 1. The smallest absolute Gasteiger partial charge is 0.0814 e. The van der Waals surface area contributed by atoms with Crippen LogP contribution in [0.15, 0.2) is 58.5 Å². The van der Waals surface area contributed by atoms with Crippen LogP contribution in [0.2, 0.25) is 0 Å². The van der Waals surface area contributed by atoms with E-state index in [2.05, 4.69) is 84.1 Å². The predicted molar refractivity (Wildman–Crippen MR) is 127 cm³/mol. The van der Waals surface area contributed by atoms with Crippen LogP contribution in [0.3, 0.4) is 0 Å². The highest BCUT2D eigenvalue weighted by Gasteiger charge is 2.40. The first-order chi connectivity index (χ1) is 14.2. The van der Waals surface area contributed by atoms with E-state index < -0.39 is 0 Å². The molecule has 1 N–H and O–H groups in total. The molecule has 1 unspecified atom stereocenters. The molecular weight excluding hydrogens is 392 g/mol. The summed E-state index contributed by atoms with van der Waals surface area (Å²) in [5, 5.41) is 2.86. The molecular formula is C25H30N2S2. The number of hydrogen-bond donors (Lipinski definition) is 1. The molecule has 2 nitrogen and oxygen atoms in total. The monoisotopic (exact) mass is 422 g/mol. The van der Waals surface area contributed by atoms with Gasteiger partial charge in [-0.2, -0.15) is 11.8 Å². The lowest BCUT2D eigenvalue weighted by molar-refractivity contribution is 0.121. The third-order valence-electron chi connectivity index (χ3n) is 6.56. The fraction of sp³-hybridized carbons (Fsp3) is 0.440. The van der Waals surface area contributed by atoms with Gasteiger partial charge in [0.05, 0.1) is 5.03 Å². The van der Waals surface area contributed by atoms with E-state index in [1.54, 1.807) is 5.56 Å². The fourth-order valence-corrected chi connectivity index (χ4v) is 7.35. The van der Waals surface area contributed by atoms with Crippen LogP contribution in [0.25, 0.3) is 10.9 Å². The summed E-state index contributed by atoms with van der Waals surface area (Å²) in [6.45, 7) is 3.53. The van der Waals surface area contributed by atoms with Crippen LogP contribution in [0, 0.1) is 5.92 Å². The van der Waals surface area contributed by atoms with Crippen molar-refractivity contribution >= 4 is 34.4 Å². The van der Waals surface area contributed by atoms with Crippen LogP contribution >= 0.6 is 23.5 Å². The van der Waals surface area contributed by atoms with Crippen molar-refractivity contribution in [1.29, 1.82) is 0 Å². The number of likely N-dealkylation sites (N-methyl/N-ethyl adjacent to an activating group) is 1. The predicted octanol–water partition coefficient (Wildman–Crippen LogP) is 6.42. The highest BCUT2D eigenvalue weighted by atomic mass is 32.2. The molecule has 2 aromatic carbocycles. The Morgan fingerprint density at radius 3 is 2.79 bits per heavy atom. The maximum Gasteiger partial charge on any atom is 0.0814 e. The van der Waals surface area contributed by atoms with Crippen LogP contribution in [0.1, 0.15) is 36.8 Å². The van der Waals surface area contributed by atoms with Gasteiger partial charge in [-0.25, -0.2) is 0 Å². The van der Waals surface area contributed by atoms with Crippen molar-refractivity contribution in [3.63, 3.8) is 0 Å². The van der Waals surface area contributed by atoms with Gasteiger partial charge in [0, 0.05) is 34.3 Å². The number of benzene rings is 2. The average Bonchev–Trinajstić information content (AvgIpc) is 3.08. The van der Waals surface area contributed by atoms with Gasteiger partial charge in [-0.15, -0.1) is 0 Å². The number of hydrogen-bond acceptors (Lipinski definition) is 3. The Morgan fingerprint density at radius 2 is 1.97 bits per heavy atom. The standard InChI is InChI=1S/C25H30N2S2/c1-3-12-28-16-17-13-20-19-10-7-11-22-24(19)21(14-23(20)27(2)15-17)25(26-22)29-18-8-5-4-6-9-18/h4-11,17,20,23,26H,3,12-16H2,1-2H3/t17-,20?,23-/m1/s1. The molecule has 1 aliphatic carbocycles. The number of thioether (sulfide) groups is 1. The van der Waals surface area contributed by atoms with Crippen LogP contribution in [-0.2, 0) is 6.42 Å². The van der Waals surface area contributed by atoms with E-state index in [0.29, 0.717) is 12.0 Å². The molecule has 0 radical (unpaired) electrons. The molecule has 0 saturated carbocycles. The summed E-state index contributed by atoms with van der Waals surface area (Å²) < 4.78 is 0. The zero-order valence-electron chi connectivity index (χ0n) is 17.4. The Morgan fingerprint density at radius 1 is 1.10 bits per heavy atom. The molecule has 0 amide bonds. The molecule has 5 rings (SSSR count). The molecule has 1 aromatic heterocycles. The minimum Gasteiger partial charge on any atom is -0.349 e. The number of nitrogens with one attached hydrogen (secondary N) is 1. The van der Waals surface area contributed by atoms with Gasteiger partial charge >= 0.3 is 0 Å². The molecule has 0 spiro atoms. The lowest BCUT2D eigenvalue weighted by Crippen LogP contribution is -2.48. The number of aromatic nitrogens is 1. The highest BCUT2D eigenvalue weighted by Crippen LogP contribution is 2.48. The van der Waals surface area contributed by atoms with E-state index in [9.17, 15) is 0 Å². The Balaban J connectivity index is 1.49. The minimum atomic E-state index is 0.631. The largest absolute Gasteiger partial charge is 0.349 e. The average molecular weight is 423 g/mol. The van der Waals surface area contributed by atoms with E-state index in [4.69, 9.17) is 0 Å². The van der Waals surface area contributed by atoms with E-state index in [-0.39, 0.29) is 0 Å². The number of likely N-dealkylation sites (tertiary alicyclic amines) is 1. The van der Waals surface area contributed by atoms with Crippen molar-refractivity contribution in [2.24, 2.45) is 5.92 Å². The van der Waals surface area contributed by atoms with Crippen molar-refractivity contribution < 1.29 is 0 Å². The lowest BCUT2D eigenvalue weighted by atomic mass is 9.73. The molecule has 3 atom stereocenters. The maximum atomic E-state index is 3.76. The van der Waals surface area contributed by atoms with Crippen LogP contribution in [0.5, 0.6) is 0 Å². The number of fused-ring (bicyclic) bond motifs is 2. The van der Waals surface area contributed by atoms with E-state index in [1.165, 1.54) is 63.7 Å². The zero-order valence-corrected chi connectivity index (χ0v) is 19.0. The molecule has 152 valence electrons. The Bertz CT molecular complexity index is 981. The lowest BCUT2D eigenvalue weighted by Gasteiger charge is -2.45. The first-order valence-electron chi connectivity index (χ1n) is 10.9. The second-order valence-corrected chi connectivity index (χ2v) is 10.8. The number of aromatic amines is 1. The van der Waals surface area contributed by atoms with Gasteiger partial charge in [0.1, 0.15) is 0 Å². The molecule has 1 saturated heterocycles.